The Balaban J connectivity index is 2.34. The zero-order valence-corrected chi connectivity index (χ0v) is 10.7. The van der Waals surface area contributed by atoms with Gasteiger partial charge in [0.1, 0.15) is 5.75 Å². The van der Waals surface area contributed by atoms with Crippen LogP contribution in [0.2, 0.25) is 0 Å². The van der Waals surface area contributed by atoms with Crippen molar-refractivity contribution in [1.29, 1.82) is 0 Å². The number of carbonyl (C=O) groups is 2. The molecule has 1 aromatic rings. The molecule has 104 valence electrons. The van der Waals surface area contributed by atoms with E-state index in [1.54, 1.807) is 31.2 Å². The van der Waals surface area contributed by atoms with Gasteiger partial charge in [0.25, 0.3) is 0 Å². The number of hydrogen-bond donors (Lipinski definition) is 4. The van der Waals surface area contributed by atoms with E-state index >= 15 is 0 Å². The summed E-state index contributed by atoms with van der Waals surface area (Å²) in [5.74, 6) is -0.733. The summed E-state index contributed by atoms with van der Waals surface area (Å²) < 4.78 is 0. The first-order chi connectivity index (χ1) is 8.99. The van der Waals surface area contributed by atoms with Gasteiger partial charge in [-0.3, -0.25) is 4.79 Å². The molecule has 1 rings (SSSR count). The minimum Gasteiger partial charge on any atom is -0.508 e. The van der Waals surface area contributed by atoms with Crippen molar-refractivity contribution >= 4 is 12.0 Å². The van der Waals surface area contributed by atoms with Gasteiger partial charge in [0.2, 0.25) is 0 Å². The van der Waals surface area contributed by atoms with Crippen molar-refractivity contribution in [2.24, 2.45) is 0 Å². The highest BCUT2D eigenvalue weighted by Gasteiger charge is 2.09. The Morgan fingerprint density at radius 1 is 1.37 bits per heavy atom. The van der Waals surface area contributed by atoms with Crippen LogP contribution in [0.15, 0.2) is 24.3 Å². The standard InChI is InChI=1S/C13H18N2O4/c1-9(10-4-2-5-11(16)8-10)15-13(19)14-7-3-6-12(17)18/h2,4-5,8-9,16H,3,6-7H2,1H3,(H,17,18)(H2,14,15,19)/t9-/m0/s1. The summed E-state index contributed by atoms with van der Waals surface area (Å²) in [6, 6.07) is 6.04. The molecule has 2 amide bonds. The summed E-state index contributed by atoms with van der Waals surface area (Å²) in [6.45, 7) is 2.11. The Morgan fingerprint density at radius 3 is 2.74 bits per heavy atom. The van der Waals surface area contributed by atoms with E-state index in [0.29, 0.717) is 13.0 Å². The number of carbonyl (C=O) groups excluding carboxylic acids is 1. The average molecular weight is 266 g/mol. The molecule has 0 unspecified atom stereocenters. The number of urea groups is 1. The fourth-order valence-electron chi connectivity index (χ4n) is 1.57. The molecule has 0 aliphatic heterocycles. The van der Waals surface area contributed by atoms with Crippen LogP contribution in [0.1, 0.15) is 31.4 Å². The van der Waals surface area contributed by atoms with Gasteiger partial charge in [0.15, 0.2) is 0 Å². The molecule has 6 nitrogen and oxygen atoms in total. The number of hydrogen-bond acceptors (Lipinski definition) is 3. The van der Waals surface area contributed by atoms with Gasteiger partial charge in [-0.15, -0.1) is 0 Å². The Hall–Kier alpha value is -2.24. The number of aromatic hydroxyl groups is 1. The number of carboxylic acid groups (broad SMARTS) is 1. The Kier molecular flexibility index (Phi) is 5.66. The van der Waals surface area contributed by atoms with Crippen molar-refractivity contribution in [2.45, 2.75) is 25.8 Å². The Morgan fingerprint density at radius 2 is 2.11 bits per heavy atom. The molecular weight excluding hydrogens is 248 g/mol. The maximum atomic E-state index is 11.5. The fourth-order valence-corrected chi connectivity index (χ4v) is 1.57. The molecule has 19 heavy (non-hydrogen) atoms. The predicted octanol–water partition coefficient (Wildman–Crippen LogP) is 1.62. The largest absolute Gasteiger partial charge is 0.508 e. The van der Waals surface area contributed by atoms with E-state index in [9.17, 15) is 14.7 Å². The molecule has 0 heterocycles. The van der Waals surface area contributed by atoms with Gasteiger partial charge in [0, 0.05) is 13.0 Å². The van der Waals surface area contributed by atoms with Crippen molar-refractivity contribution in [3.8, 4) is 5.75 Å². The van der Waals surface area contributed by atoms with Crippen LogP contribution >= 0.6 is 0 Å². The monoisotopic (exact) mass is 266 g/mol. The zero-order chi connectivity index (χ0) is 14.3. The van der Waals surface area contributed by atoms with Crippen molar-refractivity contribution in [3.05, 3.63) is 29.8 Å². The average Bonchev–Trinajstić information content (AvgIpc) is 2.34. The summed E-state index contributed by atoms with van der Waals surface area (Å²) in [6.07, 6.45) is 0.422. The number of benzene rings is 1. The second kappa shape index (κ2) is 7.25. The van der Waals surface area contributed by atoms with E-state index in [0.717, 1.165) is 5.56 Å². The third kappa shape index (κ3) is 5.76. The first kappa shape index (κ1) is 14.8. The number of carboxylic acids is 1. The lowest BCUT2D eigenvalue weighted by atomic mass is 10.1. The van der Waals surface area contributed by atoms with Gasteiger partial charge >= 0.3 is 12.0 Å². The smallest absolute Gasteiger partial charge is 0.315 e. The van der Waals surface area contributed by atoms with Crippen molar-refractivity contribution in [1.82, 2.24) is 10.6 Å². The minimum absolute atomic E-state index is 0.0302. The second-order valence-corrected chi connectivity index (χ2v) is 4.21. The highest BCUT2D eigenvalue weighted by molar-refractivity contribution is 5.74. The molecule has 0 aliphatic rings. The first-order valence-corrected chi connectivity index (χ1v) is 6.04. The van der Waals surface area contributed by atoms with E-state index in [4.69, 9.17) is 5.11 Å². The first-order valence-electron chi connectivity index (χ1n) is 6.04. The maximum absolute atomic E-state index is 11.5. The molecule has 1 atom stereocenters. The number of aliphatic carboxylic acids is 1. The summed E-state index contributed by atoms with van der Waals surface area (Å²) in [5.41, 5.74) is 0.792. The highest BCUT2D eigenvalue weighted by atomic mass is 16.4. The normalized spacial score (nSPS) is 11.6. The summed E-state index contributed by atoms with van der Waals surface area (Å²) >= 11 is 0. The fraction of sp³-hybridized carbons (Fsp3) is 0.385. The number of rotatable bonds is 6. The number of nitrogens with one attached hydrogen (secondary N) is 2. The minimum atomic E-state index is -0.879. The quantitative estimate of drug-likeness (QED) is 0.588. The third-order valence-corrected chi connectivity index (χ3v) is 2.57. The van der Waals surface area contributed by atoms with E-state index in [1.807, 2.05) is 0 Å². The van der Waals surface area contributed by atoms with E-state index < -0.39 is 5.97 Å². The number of phenols is 1. The van der Waals surface area contributed by atoms with Gasteiger partial charge in [-0.05, 0) is 31.0 Å². The molecule has 1 aromatic carbocycles. The molecule has 0 fully saturated rings. The Labute approximate surface area is 111 Å². The molecule has 0 bridgehead atoms. The van der Waals surface area contributed by atoms with E-state index in [1.165, 1.54) is 0 Å². The lowest BCUT2D eigenvalue weighted by molar-refractivity contribution is -0.137. The van der Waals surface area contributed by atoms with Crippen LogP contribution in [0.4, 0.5) is 4.79 Å². The number of phenolic OH excluding ortho intramolecular Hbond substituents is 1. The molecule has 0 aliphatic carbocycles. The van der Waals surface area contributed by atoms with Crippen LogP contribution in [0.3, 0.4) is 0 Å². The molecular formula is C13H18N2O4. The van der Waals surface area contributed by atoms with Crippen LogP contribution in [0, 0.1) is 0 Å². The second-order valence-electron chi connectivity index (χ2n) is 4.21. The molecule has 6 heteroatoms. The van der Waals surface area contributed by atoms with E-state index in [2.05, 4.69) is 10.6 Å². The molecule has 0 spiro atoms. The van der Waals surface area contributed by atoms with E-state index in [-0.39, 0.29) is 24.2 Å². The molecule has 0 radical (unpaired) electrons. The van der Waals surface area contributed by atoms with Crippen molar-refractivity contribution in [3.63, 3.8) is 0 Å². The maximum Gasteiger partial charge on any atom is 0.315 e. The summed E-state index contributed by atoms with van der Waals surface area (Å²) in [7, 11) is 0. The van der Waals surface area contributed by atoms with Crippen LogP contribution in [-0.4, -0.2) is 28.8 Å². The van der Waals surface area contributed by atoms with Crippen LogP contribution < -0.4 is 10.6 Å². The zero-order valence-electron chi connectivity index (χ0n) is 10.7. The SMILES string of the molecule is C[C@H](NC(=O)NCCCC(=O)O)c1cccc(O)c1. The number of amides is 2. The molecule has 4 N–H and O–H groups in total. The molecule has 0 saturated carbocycles. The Bertz CT molecular complexity index is 448. The lowest BCUT2D eigenvalue weighted by Crippen LogP contribution is -2.37. The molecule has 0 saturated heterocycles. The van der Waals surface area contributed by atoms with Gasteiger partial charge in [0.05, 0.1) is 6.04 Å². The van der Waals surface area contributed by atoms with Gasteiger partial charge < -0.3 is 20.8 Å². The van der Waals surface area contributed by atoms with Crippen molar-refractivity contribution < 1.29 is 19.8 Å². The van der Waals surface area contributed by atoms with Crippen LogP contribution in [0.5, 0.6) is 5.75 Å². The highest BCUT2D eigenvalue weighted by Crippen LogP contribution is 2.17. The van der Waals surface area contributed by atoms with Crippen molar-refractivity contribution in [2.75, 3.05) is 6.54 Å². The summed E-state index contributed by atoms with van der Waals surface area (Å²) in [5, 5.41) is 23.1. The lowest BCUT2D eigenvalue weighted by Gasteiger charge is -2.15. The topological polar surface area (TPSA) is 98.7 Å². The van der Waals surface area contributed by atoms with Crippen LogP contribution in [-0.2, 0) is 4.79 Å². The van der Waals surface area contributed by atoms with Gasteiger partial charge in [-0.25, -0.2) is 4.79 Å². The van der Waals surface area contributed by atoms with Gasteiger partial charge in [-0.1, -0.05) is 12.1 Å². The predicted molar refractivity (Wildman–Crippen MR) is 69.9 cm³/mol. The summed E-state index contributed by atoms with van der Waals surface area (Å²) in [4.78, 5) is 21.8. The third-order valence-electron chi connectivity index (χ3n) is 2.57. The van der Waals surface area contributed by atoms with Gasteiger partial charge in [-0.2, -0.15) is 0 Å². The molecule has 0 aromatic heterocycles. The van der Waals surface area contributed by atoms with Crippen LogP contribution in [0.25, 0.3) is 0 Å².